The minimum absolute atomic E-state index is 0.0696. The molecule has 44 heavy (non-hydrogen) atoms. The van der Waals surface area contributed by atoms with E-state index >= 15 is 0 Å². The van der Waals surface area contributed by atoms with Gasteiger partial charge in [0.25, 0.3) is 0 Å². The number of fused-ring (bicyclic) bond motifs is 2. The molecule has 2 aromatic carbocycles. The molecule has 0 aromatic heterocycles. The molecule has 7 nitrogen and oxygen atoms in total. The Morgan fingerprint density at radius 1 is 0.886 bits per heavy atom. The number of benzene rings is 2. The molecule has 2 fully saturated rings. The van der Waals surface area contributed by atoms with Crippen LogP contribution in [0.1, 0.15) is 76.0 Å². The van der Waals surface area contributed by atoms with Crippen molar-refractivity contribution >= 4 is 11.6 Å². The number of aliphatic hydroxyl groups is 1. The monoisotopic (exact) mass is 644 g/mol. The van der Waals surface area contributed by atoms with Crippen molar-refractivity contribution in [2.24, 2.45) is 0 Å². The van der Waals surface area contributed by atoms with Gasteiger partial charge in [-0.15, -0.1) is 13.2 Å². The molecule has 0 amide bonds. The molecule has 2 heterocycles. The van der Waals surface area contributed by atoms with E-state index in [2.05, 4.69) is 25.5 Å². The fraction of sp³-hybridized carbons (Fsp3) is 0.636. The third kappa shape index (κ3) is 8.07. The SMILES string of the molecule is CCCCO[C@@H]1[C@@H](OCCCC)[C@@]2(c3ccc(Cl)c(Cc4ccc(OC(F)(F)F)cc4)c3)OC[C@](CO)(O2)[C@H]1OCCCC. The Hall–Kier alpha value is -1.92. The summed E-state index contributed by atoms with van der Waals surface area (Å²) in [6.45, 7) is 7.40. The lowest BCUT2D eigenvalue weighted by Gasteiger charge is -2.50. The summed E-state index contributed by atoms with van der Waals surface area (Å²) in [5.41, 5.74) is 0.915. The van der Waals surface area contributed by atoms with Crippen molar-refractivity contribution in [2.45, 2.75) is 102 Å². The van der Waals surface area contributed by atoms with Gasteiger partial charge in [-0.05, 0) is 61.1 Å². The number of rotatable bonds is 17. The molecule has 246 valence electrons. The second kappa shape index (κ2) is 15.6. The van der Waals surface area contributed by atoms with Crippen LogP contribution in [0.5, 0.6) is 5.75 Å². The number of unbranched alkanes of at least 4 members (excludes halogenated alkanes) is 3. The summed E-state index contributed by atoms with van der Waals surface area (Å²) in [7, 11) is 0. The maximum absolute atomic E-state index is 12.6. The minimum atomic E-state index is -4.77. The fourth-order valence-corrected chi connectivity index (χ4v) is 5.86. The Morgan fingerprint density at radius 2 is 1.50 bits per heavy atom. The van der Waals surface area contributed by atoms with Gasteiger partial charge in [-0.3, -0.25) is 0 Å². The average Bonchev–Trinajstić information content (AvgIpc) is 3.35. The van der Waals surface area contributed by atoms with E-state index in [9.17, 15) is 18.3 Å². The lowest BCUT2D eigenvalue weighted by atomic mass is 9.83. The topological polar surface area (TPSA) is 75.6 Å². The van der Waals surface area contributed by atoms with Crippen molar-refractivity contribution in [3.05, 3.63) is 64.2 Å². The van der Waals surface area contributed by atoms with Gasteiger partial charge in [0, 0.05) is 30.4 Å². The van der Waals surface area contributed by atoms with Gasteiger partial charge in [0.15, 0.2) is 0 Å². The minimum Gasteiger partial charge on any atom is -0.406 e. The van der Waals surface area contributed by atoms with E-state index in [4.69, 9.17) is 35.3 Å². The van der Waals surface area contributed by atoms with Crippen molar-refractivity contribution in [2.75, 3.05) is 33.0 Å². The second-order valence-corrected chi connectivity index (χ2v) is 11.8. The van der Waals surface area contributed by atoms with Crippen LogP contribution in [0, 0.1) is 0 Å². The molecule has 4 rings (SSSR count). The van der Waals surface area contributed by atoms with Crippen LogP contribution in [0.25, 0.3) is 0 Å². The number of hydrogen-bond acceptors (Lipinski definition) is 7. The molecule has 2 aliphatic rings. The van der Waals surface area contributed by atoms with Gasteiger partial charge in [0.1, 0.15) is 29.7 Å². The first-order valence-corrected chi connectivity index (χ1v) is 15.9. The second-order valence-electron chi connectivity index (χ2n) is 11.4. The average molecular weight is 645 g/mol. The molecule has 11 heteroatoms. The molecule has 0 saturated carbocycles. The van der Waals surface area contributed by atoms with Gasteiger partial charge < -0.3 is 33.5 Å². The summed E-state index contributed by atoms with van der Waals surface area (Å²) >= 11 is 6.63. The Kier molecular flexibility index (Phi) is 12.4. The van der Waals surface area contributed by atoms with Gasteiger partial charge in [-0.1, -0.05) is 69.8 Å². The molecule has 2 aliphatic heterocycles. The van der Waals surface area contributed by atoms with E-state index in [1.54, 1.807) is 18.2 Å². The number of ether oxygens (including phenoxy) is 6. The Morgan fingerprint density at radius 3 is 2.09 bits per heavy atom. The number of hydrogen-bond donors (Lipinski definition) is 1. The van der Waals surface area contributed by atoms with E-state index < -0.39 is 36.1 Å². The number of halogens is 4. The Labute approximate surface area is 262 Å². The molecule has 0 radical (unpaired) electrons. The van der Waals surface area contributed by atoms with E-state index in [1.807, 2.05) is 12.1 Å². The predicted molar refractivity (Wildman–Crippen MR) is 160 cm³/mol. The van der Waals surface area contributed by atoms with Gasteiger partial charge >= 0.3 is 6.36 Å². The first-order valence-electron chi connectivity index (χ1n) is 15.5. The molecule has 2 saturated heterocycles. The van der Waals surface area contributed by atoms with E-state index in [0.29, 0.717) is 42.4 Å². The highest BCUT2D eigenvalue weighted by Crippen LogP contribution is 2.52. The van der Waals surface area contributed by atoms with E-state index in [0.717, 1.165) is 44.1 Å². The lowest BCUT2D eigenvalue weighted by Crippen LogP contribution is -2.67. The number of aliphatic hydroxyl groups excluding tert-OH is 1. The van der Waals surface area contributed by atoms with Crippen molar-refractivity contribution in [1.29, 1.82) is 0 Å². The van der Waals surface area contributed by atoms with Crippen LogP contribution in [-0.2, 0) is 35.9 Å². The van der Waals surface area contributed by atoms with Crippen molar-refractivity contribution < 1.29 is 46.7 Å². The molecule has 5 atom stereocenters. The van der Waals surface area contributed by atoms with Gasteiger partial charge in [0.05, 0.1) is 13.2 Å². The van der Waals surface area contributed by atoms with E-state index in [1.165, 1.54) is 12.1 Å². The molecule has 0 unspecified atom stereocenters. The Balaban J connectivity index is 1.71. The van der Waals surface area contributed by atoms with Gasteiger partial charge in [0.2, 0.25) is 5.79 Å². The van der Waals surface area contributed by atoms with Gasteiger partial charge in [-0.2, -0.15) is 0 Å². The zero-order valence-electron chi connectivity index (χ0n) is 25.7. The summed E-state index contributed by atoms with van der Waals surface area (Å²) in [5, 5.41) is 11.2. The first-order chi connectivity index (χ1) is 21.1. The van der Waals surface area contributed by atoms with Crippen molar-refractivity contribution in [3.8, 4) is 5.75 Å². The van der Waals surface area contributed by atoms with Crippen molar-refractivity contribution in [3.63, 3.8) is 0 Å². The van der Waals surface area contributed by atoms with Crippen LogP contribution < -0.4 is 4.74 Å². The zero-order valence-corrected chi connectivity index (χ0v) is 26.4. The van der Waals surface area contributed by atoms with Crippen LogP contribution >= 0.6 is 11.6 Å². The summed E-state index contributed by atoms with van der Waals surface area (Å²) in [6.07, 6.45) is -1.02. The summed E-state index contributed by atoms with van der Waals surface area (Å²) < 4.78 is 74.7. The Bertz CT molecular complexity index is 1180. The molecule has 2 aromatic rings. The summed E-state index contributed by atoms with van der Waals surface area (Å²) in [4.78, 5) is 0. The first kappa shape index (κ1) is 34.9. The van der Waals surface area contributed by atoms with Crippen molar-refractivity contribution in [1.82, 2.24) is 0 Å². The summed E-state index contributed by atoms with van der Waals surface area (Å²) in [5.74, 6) is -1.71. The zero-order chi connectivity index (χ0) is 31.8. The molecule has 2 bridgehead atoms. The standard InChI is InChI=1S/C33H44ClF3O7/c1-4-7-16-39-28-29(40-17-8-5-2)31(21-38)22-42-32(44-31,30(28)41-18-9-6-3)25-12-15-27(34)24(20-25)19-23-10-13-26(14-11-23)43-33(35,36)37/h10-15,20,28-30,38H,4-9,16-19,21-22H2,1-3H3/t28-,29-,30+,31-,32-/m0/s1. The molecule has 1 N–H and O–H groups in total. The molecule has 0 spiro atoms. The van der Waals surface area contributed by atoms with Crippen LogP contribution in [-0.4, -0.2) is 68.4 Å². The van der Waals surface area contributed by atoms with Crippen LogP contribution in [0.2, 0.25) is 5.02 Å². The largest absolute Gasteiger partial charge is 0.573 e. The maximum atomic E-state index is 12.6. The normalized spacial score (nSPS) is 26.7. The lowest BCUT2D eigenvalue weighted by molar-refractivity contribution is -0.349. The van der Waals surface area contributed by atoms with Crippen LogP contribution in [0.4, 0.5) is 13.2 Å². The quantitative estimate of drug-likeness (QED) is 0.181. The third-order valence-electron chi connectivity index (χ3n) is 8.04. The third-order valence-corrected chi connectivity index (χ3v) is 8.41. The highest BCUT2D eigenvalue weighted by atomic mass is 35.5. The maximum Gasteiger partial charge on any atom is 0.573 e. The molecule has 0 aliphatic carbocycles. The highest BCUT2D eigenvalue weighted by molar-refractivity contribution is 6.31. The molecular weight excluding hydrogens is 601 g/mol. The van der Waals surface area contributed by atoms with Crippen LogP contribution in [0.15, 0.2) is 42.5 Å². The summed E-state index contributed by atoms with van der Waals surface area (Å²) in [6, 6.07) is 11.1. The highest BCUT2D eigenvalue weighted by Gasteiger charge is 2.69. The van der Waals surface area contributed by atoms with Crippen LogP contribution in [0.3, 0.4) is 0 Å². The fourth-order valence-electron chi connectivity index (χ4n) is 5.67. The van der Waals surface area contributed by atoms with E-state index in [-0.39, 0.29) is 19.0 Å². The van der Waals surface area contributed by atoms with Gasteiger partial charge in [-0.25, -0.2) is 0 Å². The smallest absolute Gasteiger partial charge is 0.406 e. The predicted octanol–water partition coefficient (Wildman–Crippen LogP) is 7.33. The number of alkyl halides is 3. The molecular formula is C33H44ClF3O7.